The summed E-state index contributed by atoms with van der Waals surface area (Å²) < 4.78 is 41.1. The fourth-order valence-electron chi connectivity index (χ4n) is 2.45. The predicted molar refractivity (Wildman–Crippen MR) is 94.3 cm³/mol. The lowest BCUT2D eigenvalue weighted by Gasteiger charge is -2.29. The van der Waals surface area contributed by atoms with Crippen molar-refractivity contribution in [3.05, 3.63) is 52.8 Å². The summed E-state index contributed by atoms with van der Waals surface area (Å²) >= 11 is 3.31. The Bertz CT molecular complexity index is 788. The second kappa shape index (κ2) is 7.03. The molecule has 1 heterocycles. The fourth-order valence-corrected chi connectivity index (χ4v) is 2.85. The van der Waals surface area contributed by atoms with Gasteiger partial charge in [0, 0.05) is 33.7 Å². The van der Waals surface area contributed by atoms with Crippen molar-refractivity contribution < 1.29 is 13.2 Å². The van der Waals surface area contributed by atoms with Gasteiger partial charge in [0.1, 0.15) is 0 Å². The van der Waals surface area contributed by atoms with Gasteiger partial charge in [-0.1, -0.05) is 28.6 Å². The number of hydrogen-bond acceptors (Lipinski definition) is 4. The molecule has 132 valence electrons. The molecule has 1 aromatic carbocycles. The lowest BCUT2D eigenvalue weighted by molar-refractivity contribution is -0.141. The molecule has 0 aliphatic heterocycles. The maximum absolute atomic E-state index is 13.4. The van der Waals surface area contributed by atoms with Crippen LogP contribution in [0.3, 0.4) is 0 Å². The third-order valence-electron chi connectivity index (χ3n) is 3.95. The first kappa shape index (κ1) is 17.7. The number of aromatic nitrogens is 2. The Morgan fingerprint density at radius 1 is 1.28 bits per heavy atom. The minimum absolute atomic E-state index is 0.120. The van der Waals surface area contributed by atoms with Gasteiger partial charge in [-0.05, 0) is 37.5 Å². The molecule has 8 heteroatoms. The summed E-state index contributed by atoms with van der Waals surface area (Å²) in [6, 6.07) is 7.18. The van der Waals surface area contributed by atoms with Crippen LogP contribution in [0.15, 0.2) is 41.5 Å². The maximum Gasteiger partial charge on any atom is 0.434 e. The van der Waals surface area contributed by atoms with Crippen molar-refractivity contribution in [2.24, 2.45) is 0 Å². The molecule has 0 radical (unpaired) electrons. The maximum atomic E-state index is 13.4. The summed E-state index contributed by atoms with van der Waals surface area (Å²) in [5.74, 6) is -0.120. The summed E-state index contributed by atoms with van der Waals surface area (Å²) in [4.78, 5) is 7.69. The SMILES string of the molecule is C=C(NC1CCC1)c1cnc(Nc2cccc(Br)c2)nc1C(F)(F)F. The molecule has 1 saturated carbocycles. The topological polar surface area (TPSA) is 49.8 Å². The van der Waals surface area contributed by atoms with Crippen molar-refractivity contribution in [2.45, 2.75) is 31.5 Å². The summed E-state index contributed by atoms with van der Waals surface area (Å²) in [6.45, 7) is 3.73. The smallest absolute Gasteiger partial charge is 0.382 e. The van der Waals surface area contributed by atoms with Crippen molar-refractivity contribution in [3.8, 4) is 0 Å². The number of nitrogens with one attached hydrogen (secondary N) is 2. The van der Waals surface area contributed by atoms with E-state index >= 15 is 0 Å². The normalized spacial score (nSPS) is 14.7. The highest BCUT2D eigenvalue weighted by molar-refractivity contribution is 9.10. The van der Waals surface area contributed by atoms with Gasteiger partial charge in [-0.3, -0.25) is 0 Å². The average molecular weight is 413 g/mol. The van der Waals surface area contributed by atoms with E-state index in [0.29, 0.717) is 5.69 Å². The van der Waals surface area contributed by atoms with Gasteiger partial charge in [-0.2, -0.15) is 13.2 Å². The van der Waals surface area contributed by atoms with E-state index in [1.165, 1.54) is 0 Å². The van der Waals surface area contributed by atoms with Crippen molar-refractivity contribution in [1.82, 2.24) is 15.3 Å². The number of alkyl halides is 3. The van der Waals surface area contributed by atoms with Gasteiger partial charge in [0.2, 0.25) is 5.95 Å². The van der Waals surface area contributed by atoms with Gasteiger partial charge in [-0.15, -0.1) is 0 Å². The first-order valence-corrected chi connectivity index (χ1v) is 8.55. The van der Waals surface area contributed by atoms with Crippen LogP contribution in [-0.2, 0) is 6.18 Å². The van der Waals surface area contributed by atoms with E-state index in [1.807, 2.05) is 6.07 Å². The predicted octanol–water partition coefficient (Wildman–Crippen LogP) is 5.11. The molecule has 4 nitrogen and oxygen atoms in total. The molecule has 2 aromatic rings. The Balaban J connectivity index is 1.88. The van der Waals surface area contributed by atoms with Crippen LogP contribution in [0, 0.1) is 0 Å². The van der Waals surface area contributed by atoms with Crippen LogP contribution in [0.1, 0.15) is 30.5 Å². The zero-order chi connectivity index (χ0) is 18.0. The number of benzene rings is 1. The van der Waals surface area contributed by atoms with E-state index in [4.69, 9.17) is 0 Å². The Hall–Kier alpha value is -2.09. The standard InChI is InChI=1S/C17H16BrF3N4/c1-10(23-12-5-3-6-12)14-9-22-16(25-15(14)17(19,20)21)24-13-7-2-4-11(18)8-13/h2,4,7-9,12,23H,1,3,5-6H2,(H,22,24,25). The van der Waals surface area contributed by atoms with Crippen LogP contribution in [0.5, 0.6) is 0 Å². The first-order chi connectivity index (χ1) is 11.8. The zero-order valence-corrected chi connectivity index (χ0v) is 14.8. The van der Waals surface area contributed by atoms with E-state index in [0.717, 1.165) is 29.9 Å². The zero-order valence-electron chi connectivity index (χ0n) is 13.2. The van der Waals surface area contributed by atoms with Gasteiger partial charge in [0.25, 0.3) is 0 Å². The van der Waals surface area contributed by atoms with Crippen molar-refractivity contribution in [3.63, 3.8) is 0 Å². The number of hydrogen-bond donors (Lipinski definition) is 2. The van der Waals surface area contributed by atoms with Crippen LogP contribution in [0.4, 0.5) is 24.8 Å². The second-order valence-corrected chi connectivity index (χ2v) is 6.76. The third kappa shape index (κ3) is 4.31. The van der Waals surface area contributed by atoms with E-state index < -0.39 is 11.9 Å². The first-order valence-electron chi connectivity index (χ1n) is 7.75. The molecular formula is C17H16BrF3N4. The van der Waals surface area contributed by atoms with Crippen molar-refractivity contribution in [1.29, 1.82) is 0 Å². The highest BCUT2D eigenvalue weighted by Crippen LogP contribution is 2.34. The molecule has 3 rings (SSSR count). The molecule has 0 unspecified atom stereocenters. The van der Waals surface area contributed by atoms with Crippen molar-refractivity contribution in [2.75, 3.05) is 5.32 Å². The summed E-state index contributed by atoms with van der Waals surface area (Å²) in [5.41, 5.74) is -0.344. The minimum Gasteiger partial charge on any atom is -0.382 e. The number of nitrogens with zero attached hydrogens (tertiary/aromatic N) is 2. The minimum atomic E-state index is -4.60. The molecule has 1 aromatic heterocycles. The second-order valence-electron chi connectivity index (χ2n) is 5.84. The molecule has 1 aliphatic rings. The van der Waals surface area contributed by atoms with Crippen LogP contribution in [0.25, 0.3) is 5.70 Å². The van der Waals surface area contributed by atoms with Gasteiger partial charge < -0.3 is 10.6 Å². The highest BCUT2D eigenvalue weighted by Gasteiger charge is 2.37. The Labute approximate surface area is 151 Å². The molecule has 0 amide bonds. The number of anilines is 2. The lowest BCUT2D eigenvalue weighted by Crippen LogP contribution is -2.34. The molecule has 0 bridgehead atoms. The molecule has 25 heavy (non-hydrogen) atoms. The van der Waals surface area contributed by atoms with E-state index in [-0.39, 0.29) is 23.3 Å². The van der Waals surface area contributed by atoms with Crippen LogP contribution in [0.2, 0.25) is 0 Å². The average Bonchev–Trinajstić information content (AvgIpc) is 2.50. The summed E-state index contributed by atoms with van der Waals surface area (Å²) in [7, 11) is 0. The monoisotopic (exact) mass is 412 g/mol. The van der Waals surface area contributed by atoms with Crippen LogP contribution in [-0.4, -0.2) is 16.0 Å². The number of rotatable bonds is 5. The lowest BCUT2D eigenvalue weighted by atomic mass is 9.92. The van der Waals surface area contributed by atoms with Crippen molar-refractivity contribution >= 4 is 33.3 Å². The molecule has 1 fully saturated rings. The van der Waals surface area contributed by atoms with E-state index in [2.05, 4.69) is 43.1 Å². The number of halogens is 4. The summed E-state index contributed by atoms with van der Waals surface area (Å²) in [5, 5.41) is 5.80. The summed E-state index contributed by atoms with van der Waals surface area (Å²) in [6.07, 6.45) is -0.503. The van der Waals surface area contributed by atoms with Crippen LogP contribution < -0.4 is 10.6 Å². The highest BCUT2D eigenvalue weighted by atomic mass is 79.9. The quantitative estimate of drug-likeness (QED) is 0.715. The van der Waals surface area contributed by atoms with Gasteiger partial charge in [0.05, 0.1) is 0 Å². The Morgan fingerprint density at radius 3 is 2.64 bits per heavy atom. The third-order valence-corrected chi connectivity index (χ3v) is 4.44. The Morgan fingerprint density at radius 2 is 2.04 bits per heavy atom. The fraction of sp³-hybridized carbons (Fsp3) is 0.294. The van der Waals surface area contributed by atoms with Gasteiger partial charge in [0.15, 0.2) is 5.69 Å². The van der Waals surface area contributed by atoms with Gasteiger partial charge in [-0.25, -0.2) is 9.97 Å². The molecule has 2 N–H and O–H groups in total. The molecule has 1 aliphatic carbocycles. The Kier molecular flexibility index (Phi) is 4.99. The van der Waals surface area contributed by atoms with Gasteiger partial charge >= 0.3 is 6.18 Å². The molecule has 0 spiro atoms. The van der Waals surface area contributed by atoms with E-state index in [1.54, 1.807) is 18.2 Å². The molecule has 0 atom stereocenters. The van der Waals surface area contributed by atoms with Crippen LogP contribution >= 0.6 is 15.9 Å². The van der Waals surface area contributed by atoms with E-state index in [9.17, 15) is 13.2 Å². The molecule has 0 saturated heterocycles. The molecular weight excluding hydrogens is 397 g/mol. The largest absolute Gasteiger partial charge is 0.434 e.